The molecule has 0 amide bonds. The highest BCUT2D eigenvalue weighted by Gasteiger charge is 2.06. The van der Waals surface area contributed by atoms with Crippen molar-refractivity contribution in [1.82, 2.24) is 0 Å². The van der Waals surface area contributed by atoms with E-state index in [0.717, 1.165) is 45.8 Å². The number of azo groups is 2. The number of hydrogen-bond donors (Lipinski definition) is 1. The van der Waals surface area contributed by atoms with Gasteiger partial charge in [-0.2, -0.15) is 15.3 Å². The van der Waals surface area contributed by atoms with Gasteiger partial charge in [-0.15, -0.1) is 5.11 Å². The third-order valence-corrected chi connectivity index (χ3v) is 4.42. The fourth-order valence-corrected chi connectivity index (χ4v) is 3.00. The standard InChI is InChI=1S/C24H21N5/c1-2-25-23-17-12-18-8-6-7-11-22(18)24(23)29-28-21-15-13-20(14-16-21)27-26-19-9-4-3-5-10-19/h3-17,25H,2H2,1H3. The van der Waals surface area contributed by atoms with E-state index in [4.69, 9.17) is 0 Å². The van der Waals surface area contributed by atoms with Crippen LogP contribution in [0.1, 0.15) is 6.92 Å². The molecule has 0 fully saturated rings. The monoisotopic (exact) mass is 379 g/mol. The second-order valence-electron chi connectivity index (χ2n) is 6.47. The van der Waals surface area contributed by atoms with E-state index >= 15 is 0 Å². The Kier molecular flexibility index (Phi) is 5.67. The third-order valence-electron chi connectivity index (χ3n) is 4.42. The highest BCUT2D eigenvalue weighted by atomic mass is 15.1. The molecule has 0 aliphatic heterocycles. The molecule has 0 saturated heterocycles. The summed E-state index contributed by atoms with van der Waals surface area (Å²) in [6.45, 7) is 2.89. The Morgan fingerprint density at radius 3 is 1.86 bits per heavy atom. The van der Waals surface area contributed by atoms with Crippen molar-refractivity contribution < 1.29 is 0 Å². The maximum absolute atomic E-state index is 4.55. The summed E-state index contributed by atoms with van der Waals surface area (Å²) in [5.74, 6) is 0. The van der Waals surface area contributed by atoms with Gasteiger partial charge >= 0.3 is 0 Å². The molecule has 5 heteroatoms. The summed E-state index contributed by atoms with van der Waals surface area (Å²) < 4.78 is 0. The van der Waals surface area contributed by atoms with E-state index < -0.39 is 0 Å². The lowest BCUT2D eigenvalue weighted by Crippen LogP contribution is -1.96. The predicted octanol–water partition coefficient (Wildman–Crippen LogP) is 8.10. The van der Waals surface area contributed by atoms with Gasteiger partial charge in [0, 0.05) is 11.9 Å². The minimum absolute atomic E-state index is 0.763. The van der Waals surface area contributed by atoms with Crippen molar-refractivity contribution in [2.45, 2.75) is 6.92 Å². The summed E-state index contributed by atoms with van der Waals surface area (Å²) in [4.78, 5) is 0. The van der Waals surface area contributed by atoms with Gasteiger partial charge in [0.1, 0.15) is 5.69 Å². The Morgan fingerprint density at radius 2 is 1.17 bits per heavy atom. The number of nitrogens with zero attached hydrogens (tertiary/aromatic N) is 4. The maximum Gasteiger partial charge on any atom is 0.117 e. The molecule has 4 aromatic rings. The molecule has 0 unspecified atom stereocenters. The average molecular weight is 379 g/mol. The first-order valence-corrected chi connectivity index (χ1v) is 9.58. The molecular weight excluding hydrogens is 358 g/mol. The molecule has 0 aliphatic carbocycles. The lowest BCUT2D eigenvalue weighted by Gasteiger charge is -2.09. The predicted molar refractivity (Wildman–Crippen MR) is 119 cm³/mol. The van der Waals surface area contributed by atoms with Crippen molar-refractivity contribution in [1.29, 1.82) is 0 Å². The molecule has 0 spiro atoms. The topological polar surface area (TPSA) is 61.5 Å². The largest absolute Gasteiger partial charge is 0.384 e. The Hall–Kier alpha value is -3.86. The molecule has 0 saturated carbocycles. The van der Waals surface area contributed by atoms with E-state index in [1.807, 2.05) is 72.8 Å². The zero-order chi connectivity index (χ0) is 19.9. The average Bonchev–Trinajstić information content (AvgIpc) is 2.78. The number of rotatable bonds is 6. The highest BCUT2D eigenvalue weighted by Crippen LogP contribution is 2.35. The molecule has 0 aromatic heterocycles. The van der Waals surface area contributed by atoms with E-state index in [0.29, 0.717) is 0 Å². The van der Waals surface area contributed by atoms with Gasteiger partial charge in [0.25, 0.3) is 0 Å². The summed E-state index contributed by atoms with van der Waals surface area (Å²) >= 11 is 0. The van der Waals surface area contributed by atoms with Crippen molar-refractivity contribution in [2.75, 3.05) is 11.9 Å². The molecule has 0 heterocycles. The number of benzene rings is 4. The van der Waals surface area contributed by atoms with Crippen LogP contribution in [-0.4, -0.2) is 6.54 Å². The molecule has 5 nitrogen and oxygen atoms in total. The summed E-state index contributed by atoms with van der Waals surface area (Å²) in [7, 11) is 0. The SMILES string of the molecule is CCNc1ccc2ccccc2c1N=Nc1ccc(N=Nc2ccccc2)cc1. The Balaban J connectivity index is 1.58. The van der Waals surface area contributed by atoms with Gasteiger partial charge in [-0.05, 0) is 54.8 Å². The normalized spacial score (nSPS) is 11.5. The maximum atomic E-state index is 4.55. The van der Waals surface area contributed by atoms with Gasteiger partial charge in [0.05, 0.1) is 22.7 Å². The van der Waals surface area contributed by atoms with Crippen LogP contribution in [0.3, 0.4) is 0 Å². The van der Waals surface area contributed by atoms with Gasteiger partial charge in [-0.3, -0.25) is 0 Å². The molecular formula is C24H21N5. The van der Waals surface area contributed by atoms with E-state index in [-0.39, 0.29) is 0 Å². The first-order chi connectivity index (χ1) is 14.3. The number of anilines is 1. The quantitative estimate of drug-likeness (QED) is 0.338. The van der Waals surface area contributed by atoms with Crippen molar-refractivity contribution in [3.8, 4) is 0 Å². The Bertz CT molecular complexity index is 1150. The molecule has 0 bridgehead atoms. The molecule has 0 atom stereocenters. The van der Waals surface area contributed by atoms with E-state index in [9.17, 15) is 0 Å². The number of hydrogen-bond acceptors (Lipinski definition) is 5. The molecule has 4 aromatic carbocycles. The van der Waals surface area contributed by atoms with Crippen molar-refractivity contribution in [3.05, 3.63) is 91.0 Å². The van der Waals surface area contributed by atoms with Crippen LogP contribution in [0.2, 0.25) is 0 Å². The van der Waals surface area contributed by atoms with E-state index in [1.165, 1.54) is 0 Å². The first-order valence-electron chi connectivity index (χ1n) is 9.58. The van der Waals surface area contributed by atoms with Crippen LogP contribution >= 0.6 is 0 Å². The molecule has 142 valence electrons. The minimum Gasteiger partial charge on any atom is -0.384 e. The lowest BCUT2D eigenvalue weighted by atomic mass is 10.1. The Labute approximate surface area is 169 Å². The highest BCUT2D eigenvalue weighted by molar-refractivity contribution is 5.98. The van der Waals surface area contributed by atoms with Gasteiger partial charge in [-0.25, -0.2) is 0 Å². The van der Waals surface area contributed by atoms with Crippen LogP contribution in [-0.2, 0) is 0 Å². The second-order valence-corrected chi connectivity index (χ2v) is 6.47. The fourth-order valence-electron chi connectivity index (χ4n) is 3.00. The van der Waals surface area contributed by atoms with Crippen molar-refractivity contribution in [2.24, 2.45) is 20.5 Å². The summed E-state index contributed by atoms with van der Waals surface area (Å²) in [5, 5.41) is 23.1. The van der Waals surface area contributed by atoms with E-state index in [1.54, 1.807) is 0 Å². The molecule has 0 radical (unpaired) electrons. The first kappa shape index (κ1) is 18.5. The fraction of sp³-hybridized carbons (Fsp3) is 0.0833. The summed E-state index contributed by atoms with van der Waals surface area (Å²) in [6, 6.07) is 29.5. The second kappa shape index (κ2) is 8.89. The smallest absolute Gasteiger partial charge is 0.117 e. The summed E-state index contributed by atoms with van der Waals surface area (Å²) in [5.41, 5.74) is 4.18. The number of nitrogens with one attached hydrogen (secondary N) is 1. The molecule has 4 rings (SSSR count). The van der Waals surface area contributed by atoms with Gasteiger partial charge < -0.3 is 5.32 Å². The van der Waals surface area contributed by atoms with Crippen molar-refractivity contribution in [3.63, 3.8) is 0 Å². The zero-order valence-corrected chi connectivity index (χ0v) is 16.2. The minimum atomic E-state index is 0.763. The summed E-state index contributed by atoms with van der Waals surface area (Å²) in [6.07, 6.45) is 0. The van der Waals surface area contributed by atoms with Crippen LogP contribution in [0, 0.1) is 0 Å². The van der Waals surface area contributed by atoms with Crippen LogP contribution < -0.4 is 5.32 Å². The molecule has 29 heavy (non-hydrogen) atoms. The third kappa shape index (κ3) is 4.52. The van der Waals surface area contributed by atoms with Crippen molar-refractivity contribution >= 4 is 39.2 Å². The van der Waals surface area contributed by atoms with Gasteiger partial charge in [-0.1, -0.05) is 48.5 Å². The zero-order valence-electron chi connectivity index (χ0n) is 16.2. The molecule has 0 aliphatic rings. The van der Waals surface area contributed by atoms with E-state index in [2.05, 4.69) is 50.9 Å². The Morgan fingerprint density at radius 1 is 0.586 bits per heavy atom. The lowest BCUT2D eigenvalue weighted by molar-refractivity contribution is 1.19. The molecule has 1 N–H and O–H groups in total. The van der Waals surface area contributed by atoms with Crippen LogP contribution in [0.25, 0.3) is 10.8 Å². The van der Waals surface area contributed by atoms with Crippen LogP contribution in [0.15, 0.2) is 111 Å². The van der Waals surface area contributed by atoms with Gasteiger partial charge in [0.15, 0.2) is 0 Å². The number of fused-ring (bicyclic) bond motifs is 1. The van der Waals surface area contributed by atoms with Crippen LogP contribution in [0.4, 0.5) is 28.4 Å². The van der Waals surface area contributed by atoms with Crippen LogP contribution in [0.5, 0.6) is 0 Å². The van der Waals surface area contributed by atoms with Gasteiger partial charge in [0.2, 0.25) is 0 Å².